The zero-order valence-electron chi connectivity index (χ0n) is 45.4. The Labute approximate surface area is 457 Å². The monoisotopic (exact) mass is 1080 g/mol. The largest absolute Gasteiger partial charge is 0.494 e. The number of piperazine rings is 1. The average Bonchev–Trinajstić information content (AvgIpc) is 4.11. The van der Waals surface area contributed by atoms with E-state index in [-0.39, 0.29) is 63.7 Å². The summed E-state index contributed by atoms with van der Waals surface area (Å²) in [5.41, 5.74) is 15.9. The number of nitrogen functional groups attached to an aromatic ring is 1. The molecular formula is C57H81N11O10. The van der Waals surface area contributed by atoms with Gasteiger partial charge in [-0.15, -0.1) is 0 Å². The standard InChI is InChI=1S/C57H81N11O10/c1-4-5-6-7-8-33-78-44-24-22-43(23-25-44)66-31-29-65(30-32-66)42-20-16-39(17-21-42)51(71)61-45-11-9-27-60-54(74)48-34-41(59)35-68(48)57(77)50(37(3)70)64-53(73)46(26-15-38-13-18-40(58)19-14-38)62-55(75)47-12-10-28-67(47)56(76)49(36(2)69)63-52(45)72/h13-14,16-25,36-37,41,45-50,69-70H,4-12,15,26-35,58-59H2,1-3H3,(H,60,74)(H,61,71)(H,62,75)(H,63,72)(H,64,73). The number of nitrogens with two attached hydrogens (primary N) is 2. The second-order valence-electron chi connectivity index (χ2n) is 21.2. The van der Waals surface area contributed by atoms with Crippen LogP contribution in [0.5, 0.6) is 5.75 Å². The average molecular weight is 1080 g/mol. The predicted molar refractivity (Wildman–Crippen MR) is 296 cm³/mol. The number of nitrogens with one attached hydrogen (secondary N) is 5. The van der Waals surface area contributed by atoms with Crippen LogP contribution < -0.4 is 52.6 Å². The summed E-state index contributed by atoms with van der Waals surface area (Å²) in [6.07, 6.45) is 4.18. The van der Waals surface area contributed by atoms with Crippen LogP contribution in [0, 0.1) is 0 Å². The Balaban J connectivity index is 1.05. The van der Waals surface area contributed by atoms with E-state index in [4.69, 9.17) is 16.2 Å². The number of carbonyl (C=O) groups excluding carboxylic acids is 7. The van der Waals surface area contributed by atoms with Crippen LogP contribution in [-0.2, 0) is 35.2 Å². The van der Waals surface area contributed by atoms with Crippen molar-refractivity contribution in [2.45, 2.75) is 152 Å². The van der Waals surface area contributed by atoms with Gasteiger partial charge in [-0.1, -0.05) is 44.7 Å². The van der Waals surface area contributed by atoms with Gasteiger partial charge in [0.25, 0.3) is 5.91 Å². The van der Waals surface area contributed by atoms with Crippen LogP contribution in [0.2, 0.25) is 0 Å². The highest BCUT2D eigenvalue weighted by molar-refractivity contribution is 6.00. The number of anilines is 3. The van der Waals surface area contributed by atoms with E-state index in [1.165, 1.54) is 49.3 Å². The smallest absolute Gasteiger partial charge is 0.251 e. The van der Waals surface area contributed by atoms with Crippen molar-refractivity contribution in [1.82, 2.24) is 36.4 Å². The number of nitrogens with zero attached hydrogens (tertiary/aromatic N) is 4. The van der Waals surface area contributed by atoms with Gasteiger partial charge >= 0.3 is 0 Å². The van der Waals surface area contributed by atoms with Crippen LogP contribution in [0.15, 0.2) is 72.8 Å². The predicted octanol–water partition coefficient (Wildman–Crippen LogP) is 1.72. The van der Waals surface area contributed by atoms with Gasteiger partial charge in [0.2, 0.25) is 35.4 Å². The molecule has 0 saturated carbocycles. The van der Waals surface area contributed by atoms with Crippen molar-refractivity contribution in [3.05, 3.63) is 83.9 Å². The number of amides is 7. The Kier molecular flexibility index (Phi) is 21.1. The van der Waals surface area contributed by atoms with E-state index in [2.05, 4.69) is 55.4 Å². The van der Waals surface area contributed by atoms with Crippen molar-refractivity contribution in [1.29, 1.82) is 0 Å². The maximum Gasteiger partial charge on any atom is 0.251 e. The van der Waals surface area contributed by atoms with Crippen molar-refractivity contribution in [3.63, 3.8) is 0 Å². The fourth-order valence-electron chi connectivity index (χ4n) is 10.7. The number of carbonyl (C=O) groups is 7. The van der Waals surface area contributed by atoms with Crippen molar-refractivity contribution in [2.24, 2.45) is 5.73 Å². The second-order valence-corrected chi connectivity index (χ2v) is 21.2. The summed E-state index contributed by atoms with van der Waals surface area (Å²) < 4.78 is 5.97. The number of ether oxygens (including phenoxy) is 1. The summed E-state index contributed by atoms with van der Waals surface area (Å²) in [7, 11) is 0. The molecule has 4 aliphatic heterocycles. The molecular weight excluding hydrogens is 999 g/mol. The van der Waals surface area contributed by atoms with Gasteiger partial charge in [-0.3, -0.25) is 33.6 Å². The summed E-state index contributed by atoms with van der Waals surface area (Å²) in [5.74, 6) is -4.01. The van der Waals surface area contributed by atoms with Crippen molar-refractivity contribution in [3.8, 4) is 5.75 Å². The van der Waals surface area contributed by atoms with Gasteiger partial charge < -0.3 is 72.6 Å². The van der Waals surface area contributed by atoms with E-state index in [1.54, 1.807) is 36.4 Å². The fourth-order valence-corrected chi connectivity index (χ4v) is 10.7. The molecule has 3 aromatic carbocycles. The number of hydrogen-bond acceptors (Lipinski definition) is 14. The van der Waals surface area contributed by atoms with E-state index < -0.39 is 95.9 Å². The molecule has 4 fully saturated rings. The zero-order chi connectivity index (χ0) is 55.9. The van der Waals surface area contributed by atoms with Crippen LogP contribution in [0.25, 0.3) is 0 Å². The molecule has 0 bridgehead atoms. The van der Waals surface area contributed by atoms with Gasteiger partial charge in [0, 0.05) is 74.5 Å². The fraction of sp³-hybridized carbons (Fsp3) is 0.561. The molecule has 0 aromatic heterocycles. The van der Waals surface area contributed by atoms with Crippen LogP contribution in [0.3, 0.4) is 0 Å². The van der Waals surface area contributed by atoms with Gasteiger partial charge in [0.1, 0.15) is 42.0 Å². The molecule has 4 saturated heterocycles. The quantitative estimate of drug-likeness (QED) is 0.0730. The van der Waals surface area contributed by atoms with E-state index >= 15 is 0 Å². The lowest BCUT2D eigenvalue weighted by atomic mass is 10.0. The molecule has 9 atom stereocenters. The number of hydrogen-bond donors (Lipinski definition) is 9. The number of rotatable bonds is 16. The Hall–Kier alpha value is -6.97. The van der Waals surface area contributed by atoms with Gasteiger partial charge in [-0.05, 0) is 131 Å². The summed E-state index contributed by atoms with van der Waals surface area (Å²) >= 11 is 0. The normalized spacial score (nSPS) is 24.9. The number of aliphatic hydroxyl groups is 2. The molecule has 0 spiro atoms. The van der Waals surface area contributed by atoms with Gasteiger partial charge in [0.15, 0.2) is 0 Å². The first kappa shape index (κ1) is 58.7. The molecule has 7 rings (SSSR count). The Morgan fingerprint density at radius 3 is 1.92 bits per heavy atom. The van der Waals surface area contributed by atoms with Crippen molar-refractivity contribution >= 4 is 58.4 Å². The van der Waals surface area contributed by atoms with Crippen LogP contribution in [-0.4, -0.2) is 168 Å². The molecule has 7 amide bonds. The molecule has 0 radical (unpaired) electrons. The summed E-state index contributed by atoms with van der Waals surface area (Å²) in [4.78, 5) is 106. The molecule has 11 N–H and O–H groups in total. The minimum atomic E-state index is -1.54. The van der Waals surface area contributed by atoms with Crippen LogP contribution in [0.4, 0.5) is 17.1 Å². The minimum Gasteiger partial charge on any atom is -0.494 e. The number of aliphatic hydroxyl groups excluding tert-OH is 2. The molecule has 3 aromatic rings. The number of fused-ring (bicyclic) bond motifs is 2. The SMILES string of the molecule is CCCCCCCOc1ccc(N2CCN(c3ccc(C(=O)NC4CCCNC(=O)C5CC(N)CN5C(=O)C(C(C)O)NC(=O)C(CCc5ccc(N)cc5)NC(=O)C5CCCN5C(=O)C(C(C)O)NC4=O)cc3)CC2)cc1. The third kappa shape index (κ3) is 15.6. The zero-order valence-corrected chi connectivity index (χ0v) is 45.4. The maximum absolute atomic E-state index is 14.4. The highest BCUT2D eigenvalue weighted by Gasteiger charge is 2.44. The third-order valence-electron chi connectivity index (χ3n) is 15.3. The first-order valence-corrected chi connectivity index (χ1v) is 27.9. The highest BCUT2D eigenvalue weighted by Crippen LogP contribution is 2.26. The number of unbranched alkanes of at least 4 members (excludes halogenated alkanes) is 4. The van der Waals surface area contributed by atoms with E-state index in [1.807, 2.05) is 24.3 Å². The van der Waals surface area contributed by atoms with Gasteiger partial charge in [-0.2, -0.15) is 0 Å². The van der Waals surface area contributed by atoms with Gasteiger partial charge in [0.05, 0.1) is 18.8 Å². The lowest BCUT2D eigenvalue weighted by molar-refractivity contribution is -0.145. The van der Waals surface area contributed by atoms with Crippen LogP contribution in [0.1, 0.15) is 107 Å². The summed E-state index contributed by atoms with van der Waals surface area (Å²) in [6.45, 7) is 8.72. The third-order valence-corrected chi connectivity index (χ3v) is 15.3. The van der Waals surface area contributed by atoms with Crippen molar-refractivity contribution < 1.29 is 48.5 Å². The molecule has 0 aliphatic carbocycles. The van der Waals surface area contributed by atoms with Crippen LogP contribution >= 0.6 is 0 Å². The van der Waals surface area contributed by atoms with E-state index in [9.17, 15) is 43.8 Å². The molecule has 21 nitrogen and oxygen atoms in total. The maximum atomic E-state index is 14.4. The lowest BCUT2D eigenvalue weighted by Gasteiger charge is -2.37. The topological polar surface area (TPSA) is 294 Å². The van der Waals surface area contributed by atoms with Crippen molar-refractivity contribution in [2.75, 3.05) is 68.0 Å². The molecule has 4 heterocycles. The number of aryl methyl sites for hydroxylation is 1. The Bertz CT molecular complexity index is 2510. The first-order valence-electron chi connectivity index (χ1n) is 27.9. The molecule has 424 valence electrons. The Morgan fingerprint density at radius 2 is 1.29 bits per heavy atom. The summed E-state index contributed by atoms with van der Waals surface area (Å²) in [5, 5.41) is 35.7. The lowest BCUT2D eigenvalue weighted by Crippen LogP contribution is -2.61. The minimum absolute atomic E-state index is 0.00144. The number of benzene rings is 3. The summed E-state index contributed by atoms with van der Waals surface area (Å²) in [6, 6.07) is 13.9. The first-order chi connectivity index (χ1) is 37.5. The highest BCUT2D eigenvalue weighted by atomic mass is 16.5. The molecule has 78 heavy (non-hydrogen) atoms. The molecule has 21 heteroatoms. The molecule has 9 unspecified atom stereocenters. The van der Waals surface area contributed by atoms with E-state index in [0.29, 0.717) is 18.7 Å². The molecule has 4 aliphatic rings. The second kappa shape index (κ2) is 28.1. The van der Waals surface area contributed by atoms with E-state index in [0.717, 1.165) is 55.3 Å². The van der Waals surface area contributed by atoms with Gasteiger partial charge in [-0.25, -0.2) is 0 Å². The Morgan fingerprint density at radius 1 is 0.692 bits per heavy atom.